The second-order valence-corrected chi connectivity index (χ2v) is 7.80. The molecule has 0 saturated carbocycles. The Morgan fingerprint density at radius 2 is 2.06 bits per heavy atom. The van der Waals surface area contributed by atoms with Crippen molar-refractivity contribution >= 4 is 28.2 Å². The summed E-state index contributed by atoms with van der Waals surface area (Å²) in [5.74, 6) is 1.23. The van der Waals surface area contributed by atoms with E-state index in [0.29, 0.717) is 36.0 Å². The number of fused-ring (bicyclic) bond motifs is 2. The highest BCUT2D eigenvalue weighted by atomic mass is 16.5. The third-order valence-corrected chi connectivity index (χ3v) is 5.48. The van der Waals surface area contributed by atoms with Crippen LogP contribution in [-0.4, -0.2) is 63.4 Å². The van der Waals surface area contributed by atoms with Crippen molar-refractivity contribution in [2.45, 2.75) is 13.3 Å². The zero-order chi connectivity index (χ0) is 21.4. The number of carbonyl (C=O) groups is 1. The first-order chi connectivity index (χ1) is 15.1. The molecule has 1 aliphatic heterocycles. The summed E-state index contributed by atoms with van der Waals surface area (Å²) in [7, 11) is 0. The number of hydrogen-bond acceptors (Lipinski definition) is 8. The summed E-state index contributed by atoms with van der Waals surface area (Å²) in [6, 6.07) is 7.21. The third-order valence-electron chi connectivity index (χ3n) is 5.48. The lowest BCUT2D eigenvalue weighted by Gasteiger charge is -2.28. The Labute approximate surface area is 178 Å². The molecular weight excluding hydrogens is 398 g/mol. The van der Waals surface area contributed by atoms with Gasteiger partial charge in [-0.3, -0.25) is 4.79 Å². The predicted octanol–water partition coefficient (Wildman–Crippen LogP) is 2.58. The lowest BCUT2D eigenvalue weighted by molar-refractivity contribution is 0.0937. The van der Waals surface area contributed by atoms with Crippen molar-refractivity contribution in [3.8, 4) is 11.5 Å². The maximum Gasteiger partial charge on any atom is 0.183 e. The fourth-order valence-electron chi connectivity index (χ4n) is 3.78. The molecule has 1 atom stereocenters. The maximum absolute atomic E-state index is 12.5. The van der Waals surface area contributed by atoms with Gasteiger partial charge in [0.25, 0.3) is 0 Å². The first kappa shape index (κ1) is 19.7. The Hall–Kier alpha value is -3.30. The molecule has 5 heterocycles. The molecule has 0 aliphatic carbocycles. The number of ether oxygens (including phenoxy) is 1. The van der Waals surface area contributed by atoms with E-state index < -0.39 is 0 Å². The van der Waals surface area contributed by atoms with Crippen molar-refractivity contribution in [2.24, 2.45) is 5.92 Å². The monoisotopic (exact) mass is 421 g/mol. The largest absolute Gasteiger partial charge is 0.454 e. The summed E-state index contributed by atoms with van der Waals surface area (Å²) in [6.45, 7) is 4.69. The van der Waals surface area contributed by atoms with E-state index in [1.54, 1.807) is 29.0 Å². The second-order valence-electron chi connectivity index (χ2n) is 7.80. The van der Waals surface area contributed by atoms with Gasteiger partial charge in [-0.1, -0.05) is 6.92 Å². The van der Waals surface area contributed by atoms with E-state index in [1.807, 2.05) is 19.1 Å². The van der Waals surface area contributed by atoms with Gasteiger partial charge in [-0.25, -0.2) is 14.5 Å². The number of carbonyl (C=O) groups excluding carboxylic acids is 1. The normalized spacial score (nSPS) is 15.6. The number of Topliss-reactive ketones (excluding diaryl/α,β-unsaturated/α-hetero) is 1. The summed E-state index contributed by atoms with van der Waals surface area (Å²) in [6.07, 6.45) is 3.66. The number of aliphatic hydroxyl groups is 1. The van der Waals surface area contributed by atoms with E-state index >= 15 is 0 Å². The minimum Gasteiger partial charge on any atom is -0.454 e. The molecule has 4 aromatic heterocycles. The Bertz CT molecular complexity index is 1240. The van der Waals surface area contributed by atoms with Gasteiger partial charge in [0.2, 0.25) is 0 Å². The SMILES string of the molecule is C[C@@H](CO)CC(=O)c1ccc2ncc(-c3cc4c(N5CCOCC5)nccc4o3)n2n1. The number of ketones is 1. The van der Waals surface area contributed by atoms with Crippen LogP contribution in [0.15, 0.2) is 41.1 Å². The number of anilines is 1. The van der Waals surface area contributed by atoms with Crippen LogP contribution >= 0.6 is 0 Å². The van der Waals surface area contributed by atoms with Crippen molar-refractivity contribution in [3.63, 3.8) is 0 Å². The van der Waals surface area contributed by atoms with Crippen molar-refractivity contribution in [2.75, 3.05) is 37.8 Å². The Balaban J connectivity index is 1.54. The zero-order valence-corrected chi connectivity index (χ0v) is 17.2. The van der Waals surface area contributed by atoms with Crippen molar-refractivity contribution < 1.29 is 19.1 Å². The molecule has 1 saturated heterocycles. The van der Waals surface area contributed by atoms with Gasteiger partial charge in [0.1, 0.15) is 22.8 Å². The predicted molar refractivity (Wildman–Crippen MR) is 114 cm³/mol. The number of aliphatic hydroxyl groups excluding tert-OH is 1. The molecule has 9 nitrogen and oxygen atoms in total. The number of pyridine rings is 1. The highest BCUT2D eigenvalue weighted by molar-refractivity contribution is 5.94. The van der Waals surface area contributed by atoms with E-state index in [4.69, 9.17) is 9.15 Å². The van der Waals surface area contributed by atoms with Gasteiger partial charge in [-0.15, -0.1) is 0 Å². The van der Waals surface area contributed by atoms with Crippen LogP contribution in [0, 0.1) is 5.92 Å². The first-order valence-electron chi connectivity index (χ1n) is 10.3. The van der Waals surface area contributed by atoms with Crippen LogP contribution < -0.4 is 4.90 Å². The zero-order valence-electron chi connectivity index (χ0n) is 17.2. The van der Waals surface area contributed by atoms with Crippen LogP contribution in [0.25, 0.3) is 28.1 Å². The van der Waals surface area contributed by atoms with Gasteiger partial charge in [0, 0.05) is 32.3 Å². The quantitative estimate of drug-likeness (QED) is 0.474. The molecule has 1 aliphatic rings. The molecule has 0 radical (unpaired) electrons. The van der Waals surface area contributed by atoms with Crippen LogP contribution in [0.3, 0.4) is 0 Å². The van der Waals surface area contributed by atoms with Gasteiger partial charge in [0.05, 0.1) is 24.8 Å². The van der Waals surface area contributed by atoms with Crippen LogP contribution in [0.1, 0.15) is 23.8 Å². The number of rotatable bonds is 6. The third kappa shape index (κ3) is 3.66. The van der Waals surface area contributed by atoms with Crippen LogP contribution in [0.4, 0.5) is 5.82 Å². The van der Waals surface area contributed by atoms with Gasteiger partial charge < -0.3 is 19.2 Å². The average Bonchev–Trinajstić information content (AvgIpc) is 3.42. The molecule has 5 rings (SSSR count). The molecule has 0 spiro atoms. The molecular formula is C22H23N5O4. The van der Waals surface area contributed by atoms with E-state index in [0.717, 1.165) is 29.9 Å². The molecule has 9 heteroatoms. The van der Waals surface area contributed by atoms with Crippen LogP contribution in [0.2, 0.25) is 0 Å². The van der Waals surface area contributed by atoms with Crippen molar-refractivity contribution in [3.05, 3.63) is 42.4 Å². The summed E-state index contributed by atoms with van der Waals surface area (Å²) in [4.78, 5) is 23.7. The molecule has 0 amide bonds. The van der Waals surface area contributed by atoms with Gasteiger partial charge in [-0.2, -0.15) is 5.10 Å². The van der Waals surface area contributed by atoms with Crippen LogP contribution in [-0.2, 0) is 4.74 Å². The Kier molecular flexibility index (Phi) is 5.13. The minimum absolute atomic E-state index is 0.0389. The number of hydrogen-bond donors (Lipinski definition) is 1. The summed E-state index contributed by atoms with van der Waals surface area (Å²) in [5, 5.41) is 14.6. The van der Waals surface area contributed by atoms with Gasteiger partial charge in [-0.05, 0) is 30.2 Å². The van der Waals surface area contributed by atoms with E-state index in [-0.39, 0.29) is 24.7 Å². The fourth-order valence-corrected chi connectivity index (χ4v) is 3.78. The average molecular weight is 421 g/mol. The molecule has 0 unspecified atom stereocenters. The fraction of sp³-hybridized carbons (Fsp3) is 0.364. The minimum atomic E-state index is -0.119. The van der Waals surface area contributed by atoms with Gasteiger partial charge >= 0.3 is 0 Å². The molecule has 31 heavy (non-hydrogen) atoms. The van der Waals surface area contributed by atoms with Crippen molar-refractivity contribution in [1.29, 1.82) is 0 Å². The number of nitrogens with zero attached hydrogens (tertiary/aromatic N) is 5. The Morgan fingerprint density at radius 1 is 1.23 bits per heavy atom. The lowest BCUT2D eigenvalue weighted by atomic mass is 10.0. The Morgan fingerprint density at radius 3 is 2.87 bits per heavy atom. The first-order valence-corrected chi connectivity index (χ1v) is 10.3. The number of imidazole rings is 1. The molecule has 4 aromatic rings. The van der Waals surface area contributed by atoms with Crippen LogP contribution in [0.5, 0.6) is 0 Å². The summed E-state index contributed by atoms with van der Waals surface area (Å²) < 4.78 is 13.2. The highest BCUT2D eigenvalue weighted by Crippen LogP contribution is 2.33. The standard InChI is InChI=1S/C22H23N5O4/c1-14(13-28)10-18(29)16-2-3-21-24-12-17(27(21)25-16)20-11-15-19(31-20)4-5-23-22(15)26-6-8-30-9-7-26/h2-5,11-12,14,28H,6-10,13H2,1H3/t14-/m1/s1. The number of aromatic nitrogens is 4. The molecule has 1 N–H and O–H groups in total. The topological polar surface area (TPSA) is 106 Å². The summed E-state index contributed by atoms with van der Waals surface area (Å²) in [5.41, 5.74) is 2.34. The lowest BCUT2D eigenvalue weighted by Crippen LogP contribution is -2.36. The van der Waals surface area contributed by atoms with Crippen molar-refractivity contribution in [1.82, 2.24) is 19.6 Å². The number of morpholine rings is 1. The number of furan rings is 1. The summed E-state index contributed by atoms with van der Waals surface area (Å²) >= 11 is 0. The molecule has 0 bridgehead atoms. The van der Waals surface area contributed by atoms with E-state index in [1.165, 1.54) is 0 Å². The smallest absolute Gasteiger partial charge is 0.183 e. The van der Waals surface area contributed by atoms with E-state index in [9.17, 15) is 9.90 Å². The van der Waals surface area contributed by atoms with Gasteiger partial charge in [0.15, 0.2) is 17.2 Å². The molecule has 0 aromatic carbocycles. The molecule has 1 fully saturated rings. The maximum atomic E-state index is 12.5. The highest BCUT2D eigenvalue weighted by Gasteiger charge is 2.20. The second kappa shape index (κ2) is 8.09. The van der Waals surface area contributed by atoms with E-state index in [2.05, 4.69) is 20.0 Å². The molecule has 160 valence electrons.